The van der Waals surface area contributed by atoms with Gasteiger partial charge in [-0.15, -0.1) is 0 Å². The summed E-state index contributed by atoms with van der Waals surface area (Å²) in [6, 6.07) is 14.3. The van der Waals surface area contributed by atoms with Gasteiger partial charge in [-0.05, 0) is 36.2 Å². The molecule has 0 aliphatic carbocycles. The topological polar surface area (TPSA) is 21.8 Å². The molecule has 0 spiro atoms. The maximum Gasteiger partial charge on any atom is 0.416 e. The second kappa shape index (κ2) is 10.6. The standard InChI is InChI=1S/C25H32ClF3N4/c1-2-24(32-14-12-31(13-15-32)17-19-6-3-4-9-22(19)26)23-18-33(11-10-30-23)21-8-5-7-20(16-21)25(27,28)29/h3-9,16,23-24,30H,2,10-15,17-18H2,1H3. The Kier molecular flexibility index (Phi) is 7.84. The number of hydrogen-bond acceptors (Lipinski definition) is 4. The second-order valence-electron chi connectivity index (χ2n) is 8.93. The van der Waals surface area contributed by atoms with Crippen LogP contribution in [0.3, 0.4) is 0 Å². The highest BCUT2D eigenvalue weighted by molar-refractivity contribution is 6.31. The number of nitrogens with zero attached hydrogens (tertiary/aromatic N) is 3. The molecule has 2 aromatic rings. The number of nitrogens with one attached hydrogen (secondary N) is 1. The van der Waals surface area contributed by atoms with E-state index in [0.29, 0.717) is 24.8 Å². The minimum atomic E-state index is -4.32. The lowest BCUT2D eigenvalue weighted by Crippen LogP contribution is -2.62. The van der Waals surface area contributed by atoms with E-state index in [2.05, 4.69) is 33.0 Å². The van der Waals surface area contributed by atoms with Crippen molar-refractivity contribution in [2.24, 2.45) is 0 Å². The first-order chi connectivity index (χ1) is 15.8. The number of alkyl halides is 3. The van der Waals surface area contributed by atoms with E-state index in [0.717, 1.165) is 62.3 Å². The van der Waals surface area contributed by atoms with Gasteiger partial charge in [0.25, 0.3) is 0 Å². The number of anilines is 1. The molecule has 0 bridgehead atoms. The summed E-state index contributed by atoms with van der Waals surface area (Å²) in [5, 5.41) is 4.45. The molecule has 4 nitrogen and oxygen atoms in total. The van der Waals surface area contributed by atoms with Gasteiger partial charge >= 0.3 is 6.18 Å². The molecule has 0 radical (unpaired) electrons. The van der Waals surface area contributed by atoms with Crippen molar-refractivity contribution < 1.29 is 13.2 Å². The molecule has 2 fully saturated rings. The molecule has 2 aliphatic heterocycles. The average molecular weight is 481 g/mol. The summed E-state index contributed by atoms with van der Waals surface area (Å²) in [5.74, 6) is 0. The Bertz CT molecular complexity index is 915. The number of benzene rings is 2. The zero-order valence-corrected chi connectivity index (χ0v) is 19.7. The SMILES string of the molecule is CCC(C1CN(c2cccc(C(F)(F)F)c2)CCN1)N1CCN(Cc2ccccc2Cl)CC1. The molecule has 0 saturated carbocycles. The van der Waals surface area contributed by atoms with Gasteiger partial charge in [0.1, 0.15) is 0 Å². The van der Waals surface area contributed by atoms with Crippen LogP contribution in [0.1, 0.15) is 24.5 Å². The van der Waals surface area contributed by atoms with Crippen molar-refractivity contribution >= 4 is 17.3 Å². The highest BCUT2D eigenvalue weighted by Crippen LogP contribution is 2.32. The van der Waals surface area contributed by atoms with Crippen LogP contribution in [-0.2, 0) is 12.7 Å². The molecule has 0 amide bonds. The predicted molar refractivity (Wildman–Crippen MR) is 128 cm³/mol. The fraction of sp³-hybridized carbons (Fsp3) is 0.520. The van der Waals surface area contributed by atoms with Gasteiger partial charge < -0.3 is 10.2 Å². The normalized spacial score (nSPS) is 21.8. The van der Waals surface area contributed by atoms with E-state index < -0.39 is 11.7 Å². The molecule has 8 heteroatoms. The third-order valence-electron chi connectivity index (χ3n) is 6.85. The molecule has 2 atom stereocenters. The van der Waals surface area contributed by atoms with Crippen molar-refractivity contribution in [3.63, 3.8) is 0 Å². The zero-order valence-electron chi connectivity index (χ0n) is 19.0. The summed E-state index contributed by atoms with van der Waals surface area (Å²) in [5.41, 5.74) is 1.22. The Hall–Kier alpha value is -1.80. The van der Waals surface area contributed by atoms with Crippen LogP contribution in [-0.4, -0.2) is 67.7 Å². The predicted octanol–water partition coefficient (Wildman–Crippen LogP) is 4.73. The van der Waals surface area contributed by atoms with Crippen LogP contribution in [0.4, 0.5) is 18.9 Å². The maximum absolute atomic E-state index is 13.2. The molecule has 2 unspecified atom stereocenters. The monoisotopic (exact) mass is 480 g/mol. The van der Waals surface area contributed by atoms with Crippen molar-refractivity contribution in [3.05, 3.63) is 64.7 Å². The molecule has 2 aromatic carbocycles. The summed E-state index contributed by atoms with van der Waals surface area (Å²) in [4.78, 5) is 7.07. The lowest BCUT2D eigenvalue weighted by molar-refractivity contribution is -0.137. The van der Waals surface area contributed by atoms with Crippen LogP contribution >= 0.6 is 11.6 Å². The number of rotatable bonds is 6. The van der Waals surface area contributed by atoms with E-state index in [1.807, 2.05) is 18.2 Å². The Morgan fingerprint density at radius 2 is 1.79 bits per heavy atom. The van der Waals surface area contributed by atoms with Crippen molar-refractivity contribution in [2.75, 3.05) is 50.7 Å². The molecule has 4 rings (SSSR count). The van der Waals surface area contributed by atoms with E-state index >= 15 is 0 Å². The van der Waals surface area contributed by atoms with Gasteiger partial charge in [0.2, 0.25) is 0 Å². The quantitative estimate of drug-likeness (QED) is 0.645. The molecule has 33 heavy (non-hydrogen) atoms. The van der Waals surface area contributed by atoms with E-state index in [4.69, 9.17) is 11.6 Å². The van der Waals surface area contributed by atoms with Gasteiger partial charge in [-0.25, -0.2) is 0 Å². The molecule has 0 aromatic heterocycles. The summed E-state index contributed by atoms with van der Waals surface area (Å²) in [6.07, 6.45) is -3.32. The summed E-state index contributed by atoms with van der Waals surface area (Å²) < 4.78 is 39.5. The van der Waals surface area contributed by atoms with Crippen LogP contribution in [0.5, 0.6) is 0 Å². The summed E-state index contributed by atoms with van der Waals surface area (Å²) in [7, 11) is 0. The molecular formula is C25H32ClF3N4. The molecule has 2 heterocycles. The van der Waals surface area contributed by atoms with Crippen LogP contribution in [0.25, 0.3) is 0 Å². The van der Waals surface area contributed by atoms with E-state index in [1.54, 1.807) is 6.07 Å². The molecule has 1 N–H and O–H groups in total. The zero-order chi connectivity index (χ0) is 23.4. The van der Waals surface area contributed by atoms with Gasteiger partial charge in [0, 0.05) is 75.2 Å². The molecule has 180 valence electrons. The van der Waals surface area contributed by atoms with Gasteiger partial charge in [-0.1, -0.05) is 42.8 Å². The second-order valence-corrected chi connectivity index (χ2v) is 9.34. The highest BCUT2D eigenvalue weighted by atomic mass is 35.5. The minimum Gasteiger partial charge on any atom is -0.369 e. The number of halogens is 4. The van der Waals surface area contributed by atoms with E-state index in [-0.39, 0.29) is 6.04 Å². The summed E-state index contributed by atoms with van der Waals surface area (Å²) >= 11 is 6.33. The lowest BCUT2D eigenvalue weighted by Gasteiger charge is -2.45. The Morgan fingerprint density at radius 1 is 1.03 bits per heavy atom. The van der Waals surface area contributed by atoms with Gasteiger partial charge in [0.15, 0.2) is 0 Å². The van der Waals surface area contributed by atoms with Gasteiger partial charge in [-0.2, -0.15) is 13.2 Å². The highest BCUT2D eigenvalue weighted by Gasteiger charge is 2.34. The van der Waals surface area contributed by atoms with Crippen molar-refractivity contribution in [3.8, 4) is 0 Å². The first-order valence-electron chi connectivity index (χ1n) is 11.7. The first kappa shape index (κ1) is 24.3. The Balaban J connectivity index is 1.36. The molecule has 2 saturated heterocycles. The average Bonchev–Trinajstić information content (AvgIpc) is 2.82. The van der Waals surface area contributed by atoms with Crippen molar-refractivity contribution in [1.82, 2.24) is 15.1 Å². The minimum absolute atomic E-state index is 0.216. The smallest absolute Gasteiger partial charge is 0.369 e. The third-order valence-corrected chi connectivity index (χ3v) is 7.22. The molecule has 2 aliphatic rings. The van der Waals surface area contributed by atoms with Crippen LogP contribution in [0, 0.1) is 0 Å². The van der Waals surface area contributed by atoms with E-state index in [1.165, 1.54) is 12.1 Å². The van der Waals surface area contributed by atoms with Crippen molar-refractivity contribution in [1.29, 1.82) is 0 Å². The first-order valence-corrected chi connectivity index (χ1v) is 12.1. The Labute approximate surface area is 199 Å². The summed E-state index contributed by atoms with van der Waals surface area (Å²) in [6.45, 7) is 9.15. The fourth-order valence-electron chi connectivity index (χ4n) is 5.07. The fourth-order valence-corrected chi connectivity index (χ4v) is 5.26. The number of hydrogen-bond donors (Lipinski definition) is 1. The van der Waals surface area contributed by atoms with Crippen LogP contribution in [0.2, 0.25) is 5.02 Å². The third kappa shape index (κ3) is 6.01. The Morgan fingerprint density at radius 3 is 2.48 bits per heavy atom. The number of piperazine rings is 2. The largest absolute Gasteiger partial charge is 0.416 e. The van der Waals surface area contributed by atoms with Crippen LogP contribution in [0.15, 0.2) is 48.5 Å². The van der Waals surface area contributed by atoms with E-state index in [9.17, 15) is 13.2 Å². The lowest BCUT2D eigenvalue weighted by atomic mass is 9.99. The molecular weight excluding hydrogens is 449 g/mol. The van der Waals surface area contributed by atoms with Gasteiger partial charge in [0.05, 0.1) is 5.56 Å². The van der Waals surface area contributed by atoms with Crippen LogP contribution < -0.4 is 10.2 Å². The van der Waals surface area contributed by atoms with Crippen molar-refractivity contribution in [2.45, 2.75) is 38.1 Å². The maximum atomic E-state index is 13.2. The van der Waals surface area contributed by atoms with Gasteiger partial charge in [-0.3, -0.25) is 9.80 Å².